The van der Waals surface area contributed by atoms with Crippen LogP contribution in [0.3, 0.4) is 0 Å². The second-order valence-corrected chi connectivity index (χ2v) is 7.23. The van der Waals surface area contributed by atoms with Gasteiger partial charge in [-0.1, -0.05) is 18.9 Å². The lowest BCUT2D eigenvalue weighted by Crippen LogP contribution is -2.41. The van der Waals surface area contributed by atoms with Gasteiger partial charge in [0.15, 0.2) is 0 Å². The first-order valence-electron chi connectivity index (χ1n) is 7.88. The van der Waals surface area contributed by atoms with E-state index in [4.69, 9.17) is 9.31 Å². The van der Waals surface area contributed by atoms with Crippen LogP contribution in [0.2, 0.25) is 0 Å². The minimum absolute atomic E-state index is 0.0715. The van der Waals surface area contributed by atoms with Gasteiger partial charge in [0.1, 0.15) is 0 Å². The van der Waals surface area contributed by atoms with E-state index in [1.54, 1.807) is 6.07 Å². The average Bonchev–Trinajstić information content (AvgIpc) is 2.97. The van der Waals surface area contributed by atoms with Crippen molar-refractivity contribution in [3.63, 3.8) is 0 Å². The fourth-order valence-corrected chi connectivity index (χ4v) is 3.11. The van der Waals surface area contributed by atoms with Crippen LogP contribution in [0.4, 0.5) is 0 Å². The molecule has 2 fully saturated rings. The maximum atomic E-state index is 12.1. The zero-order valence-corrected chi connectivity index (χ0v) is 13.4. The standard InChI is InChI=1S/C16H24BNO3/c1-15(2)16(3,4)21-17(20-15)12-9-10-14(19)18(11-12)13-7-5-6-8-13/h9-11,13H,5-8H2,1-4H3. The third-order valence-corrected chi connectivity index (χ3v) is 5.20. The Kier molecular flexibility index (Phi) is 3.53. The van der Waals surface area contributed by atoms with Gasteiger partial charge in [0.25, 0.3) is 5.56 Å². The van der Waals surface area contributed by atoms with Crippen molar-refractivity contribution in [3.05, 3.63) is 28.7 Å². The molecule has 0 bridgehead atoms. The van der Waals surface area contributed by atoms with E-state index in [2.05, 4.69) is 0 Å². The van der Waals surface area contributed by atoms with Crippen LogP contribution >= 0.6 is 0 Å². The third-order valence-electron chi connectivity index (χ3n) is 5.20. The molecule has 0 aromatic carbocycles. The summed E-state index contributed by atoms with van der Waals surface area (Å²) < 4.78 is 14.0. The fourth-order valence-electron chi connectivity index (χ4n) is 3.11. The lowest BCUT2D eigenvalue weighted by Gasteiger charge is -2.32. The number of aromatic nitrogens is 1. The number of hydrogen-bond donors (Lipinski definition) is 0. The predicted octanol–water partition coefficient (Wildman–Crippen LogP) is 2.26. The highest BCUT2D eigenvalue weighted by Gasteiger charge is 2.51. The Labute approximate surface area is 126 Å². The Morgan fingerprint density at radius 1 is 1.10 bits per heavy atom. The molecular weight excluding hydrogens is 265 g/mol. The molecule has 0 unspecified atom stereocenters. The topological polar surface area (TPSA) is 40.5 Å². The quantitative estimate of drug-likeness (QED) is 0.784. The van der Waals surface area contributed by atoms with Gasteiger partial charge in [-0.15, -0.1) is 0 Å². The monoisotopic (exact) mass is 289 g/mol. The first kappa shape index (κ1) is 14.9. The van der Waals surface area contributed by atoms with Crippen LogP contribution in [0.25, 0.3) is 0 Å². The highest BCUT2D eigenvalue weighted by Crippen LogP contribution is 2.36. The van der Waals surface area contributed by atoms with Crippen molar-refractivity contribution < 1.29 is 9.31 Å². The second-order valence-electron chi connectivity index (χ2n) is 7.23. The van der Waals surface area contributed by atoms with Gasteiger partial charge < -0.3 is 13.9 Å². The summed E-state index contributed by atoms with van der Waals surface area (Å²) in [6, 6.07) is 3.80. The van der Waals surface area contributed by atoms with E-state index in [0.29, 0.717) is 6.04 Å². The van der Waals surface area contributed by atoms with E-state index >= 15 is 0 Å². The van der Waals surface area contributed by atoms with E-state index in [1.165, 1.54) is 12.8 Å². The van der Waals surface area contributed by atoms with Gasteiger partial charge in [0.05, 0.1) is 11.2 Å². The first-order valence-corrected chi connectivity index (χ1v) is 7.88. The van der Waals surface area contributed by atoms with Crippen molar-refractivity contribution in [3.8, 4) is 0 Å². The van der Waals surface area contributed by atoms with Gasteiger partial charge in [0, 0.05) is 18.3 Å². The molecule has 0 N–H and O–H groups in total. The van der Waals surface area contributed by atoms with Crippen LogP contribution in [0.1, 0.15) is 59.4 Å². The van der Waals surface area contributed by atoms with Crippen LogP contribution in [0.15, 0.2) is 23.1 Å². The smallest absolute Gasteiger partial charge is 0.399 e. The van der Waals surface area contributed by atoms with Crippen LogP contribution in [-0.4, -0.2) is 22.9 Å². The summed E-state index contributed by atoms with van der Waals surface area (Å²) in [6.45, 7) is 8.17. The Bertz CT molecular complexity index is 571. The number of hydrogen-bond acceptors (Lipinski definition) is 3. The minimum Gasteiger partial charge on any atom is -0.399 e. The maximum absolute atomic E-state index is 12.1. The molecule has 0 atom stereocenters. The molecule has 1 aliphatic carbocycles. The molecule has 0 spiro atoms. The molecule has 5 heteroatoms. The molecule has 4 nitrogen and oxygen atoms in total. The Morgan fingerprint density at radius 2 is 1.67 bits per heavy atom. The summed E-state index contributed by atoms with van der Waals surface area (Å²) in [5.41, 5.74) is 0.292. The lowest BCUT2D eigenvalue weighted by atomic mass is 9.80. The minimum atomic E-state index is -0.400. The second kappa shape index (κ2) is 4.99. The van der Waals surface area contributed by atoms with Crippen LogP contribution < -0.4 is 11.0 Å². The molecule has 21 heavy (non-hydrogen) atoms. The van der Waals surface area contributed by atoms with E-state index in [1.807, 2.05) is 44.5 Å². The zero-order chi connectivity index (χ0) is 15.3. The molecular formula is C16H24BNO3. The highest BCUT2D eigenvalue weighted by atomic mass is 16.7. The Morgan fingerprint density at radius 3 is 2.24 bits per heavy atom. The first-order chi connectivity index (χ1) is 9.80. The van der Waals surface area contributed by atoms with Crippen molar-refractivity contribution in [2.24, 2.45) is 0 Å². The van der Waals surface area contributed by atoms with Gasteiger partial charge in [-0.3, -0.25) is 4.79 Å². The largest absolute Gasteiger partial charge is 0.496 e. The molecule has 1 saturated heterocycles. The maximum Gasteiger partial charge on any atom is 0.496 e. The van der Waals surface area contributed by atoms with Crippen molar-refractivity contribution in [2.45, 2.75) is 70.6 Å². The SMILES string of the molecule is CC1(C)OB(c2ccc(=O)n(C3CCCC3)c2)OC1(C)C. The molecule has 114 valence electrons. The highest BCUT2D eigenvalue weighted by molar-refractivity contribution is 6.62. The molecule has 2 aliphatic rings. The summed E-state index contributed by atoms with van der Waals surface area (Å²) in [7, 11) is -0.400. The van der Waals surface area contributed by atoms with Gasteiger partial charge >= 0.3 is 7.12 Å². The molecule has 2 heterocycles. The summed E-state index contributed by atoms with van der Waals surface area (Å²) >= 11 is 0. The van der Waals surface area contributed by atoms with Gasteiger partial charge in [-0.05, 0) is 46.0 Å². The normalized spacial score (nSPS) is 24.7. The summed E-state index contributed by atoms with van der Waals surface area (Å²) in [4.78, 5) is 12.1. The summed E-state index contributed by atoms with van der Waals surface area (Å²) in [6.07, 6.45) is 6.52. The van der Waals surface area contributed by atoms with Crippen molar-refractivity contribution >= 4 is 12.6 Å². The molecule has 0 radical (unpaired) electrons. The summed E-state index contributed by atoms with van der Waals surface area (Å²) in [5.74, 6) is 0. The summed E-state index contributed by atoms with van der Waals surface area (Å²) in [5, 5.41) is 0. The Balaban J connectivity index is 1.90. The molecule has 3 rings (SSSR count). The average molecular weight is 289 g/mol. The van der Waals surface area contributed by atoms with Gasteiger partial charge in [-0.25, -0.2) is 0 Å². The number of pyridine rings is 1. The van der Waals surface area contributed by atoms with E-state index in [0.717, 1.165) is 18.3 Å². The van der Waals surface area contributed by atoms with Crippen molar-refractivity contribution in [1.82, 2.24) is 4.57 Å². The van der Waals surface area contributed by atoms with Crippen LogP contribution in [-0.2, 0) is 9.31 Å². The predicted molar refractivity (Wildman–Crippen MR) is 83.9 cm³/mol. The number of nitrogens with zero attached hydrogens (tertiary/aromatic N) is 1. The van der Waals surface area contributed by atoms with E-state index in [9.17, 15) is 4.79 Å². The molecule has 0 amide bonds. The molecule has 1 aliphatic heterocycles. The molecule has 1 saturated carbocycles. The van der Waals surface area contributed by atoms with Crippen LogP contribution in [0.5, 0.6) is 0 Å². The number of rotatable bonds is 2. The third kappa shape index (κ3) is 2.57. The molecule has 1 aromatic rings. The molecule has 1 aromatic heterocycles. The van der Waals surface area contributed by atoms with E-state index in [-0.39, 0.29) is 16.8 Å². The van der Waals surface area contributed by atoms with Gasteiger partial charge in [0.2, 0.25) is 0 Å². The van der Waals surface area contributed by atoms with Crippen LogP contribution in [0, 0.1) is 0 Å². The van der Waals surface area contributed by atoms with Crippen molar-refractivity contribution in [2.75, 3.05) is 0 Å². The van der Waals surface area contributed by atoms with Gasteiger partial charge in [-0.2, -0.15) is 0 Å². The zero-order valence-electron chi connectivity index (χ0n) is 13.4. The van der Waals surface area contributed by atoms with E-state index < -0.39 is 7.12 Å². The Hall–Kier alpha value is -1.07. The lowest BCUT2D eigenvalue weighted by molar-refractivity contribution is 0.00578. The fraction of sp³-hybridized carbons (Fsp3) is 0.688. The van der Waals surface area contributed by atoms with Crippen molar-refractivity contribution in [1.29, 1.82) is 0 Å².